The minimum absolute atomic E-state index is 0.0537. The van der Waals surface area contributed by atoms with Crippen LogP contribution in [0, 0.1) is 0 Å². The molecule has 0 saturated carbocycles. The van der Waals surface area contributed by atoms with Crippen LogP contribution < -0.4 is 15.5 Å². The van der Waals surface area contributed by atoms with E-state index in [2.05, 4.69) is 60.5 Å². The van der Waals surface area contributed by atoms with Crippen LogP contribution in [0.2, 0.25) is 0 Å². The SMILES string of the molecule is CN(CCCCNC(=O)NCc1csc(C(C)(C)C)n1)c1ccccc1. The van der Waals surface area contributed by atoms with Crippen molar-refractivity contribution in [1.29, 1.82) is 0 Å². The van der Waals surface area contributed by atoms with Gasteiger partial charge in [0.05, 0.1) is 17.2 Å². The first-order valence-corrected chi connectivity index (χ1v) is 9.97. The van der Waals surface area contributed by atoms with Crippen molar-refractivity contribution in [2.75, 3.05) is 25.0 Å². The fraction of sp³-hybridized carbons (Fsp3) is 0.500. The second-order valence-electron chi connectivity index (χ2n) is 7.47. The van der Waals surface area contributed by atoms with E-state index in [9.17, 15) is 4.79 Å². The molecular weight excluding hydrogens is 344 g/mol. The molecular formula is C20H30N4OS. The molecule has 2 amide bonds. The Morgan fingerprint density at radius 2 is 1.88 bits per heavy atom. The van der Waals surface area contributed by atoms with Crippen LogP contribution in [-0.4, -0.2) is 31.2 Å². The summed E-state index contributed by atoms with van der Waals surface area (Å²) >= 11 is 1.65. The van der Waals surface area contributed by atoms with Gasteiger partial charge in [-0.25, -0.2) is 9.78 Å². The number of carbonyl (C=O) groups is 1. The molecule has 2 N–H and O–H groups in total. The Morgan fingerprint density at radius 3 is 2.54 bits per heavy atom. The number of para-hydroxylation sites is 1. The van der Waals surface area contributed by atoms with Gasteiger partial charge in [-0.3, -0.25) is 0 Å². The molecule has 0 aliphatic rings. The fourth-order valence-electron chi connectivity index (χ4n) is 2.45. The maximum absolute atomic E-state index is 11.9. The van der Waals surface area contributed by atoms with E-state index in [1.54, 1.807) is 11.3 Å². The molecule has 0 aliphatic heterocycles. The summed E-state index contributed by atoms with van der Waals surface area (Å²) in [6.07, 6.45) is 1.99. The second-order valence-corrected chi connectivity index (χ2v) is 8.33. The first-order valence-electron chi connectivity index (χ1n) is 9.09. The molecule has 5 nitrogen and oxygen atoms in total. The van der Waals surface area contributed by atoms with E-state index in [4.69, 9.17) is 0 Å². The van der Waals surface area contributed by atoms with Crippen LogP contribution in [-0.2, 0) is 12.0 Å². The van der Waals surface area contributed by atoms with Crippen molar-refractivity contribution in [1.82, 2.24) is 15.6 Å². The molecule has 142 valence electrons. The molecule has 0 bridgehead atoms. The number of carbonyl (C=O) groups excluding carboxylic acids is 1. The lowest BCUT2D eigenvalue weighted by molar-refractivity contribution is 0.240. The fourth-order valence-corrected chi connectivity index (χ4v) is 3.36. The van der Waals surface area contributed by atoms with E-state index in [1.807, 2.05) is 23.6 Å². The summed E-state index contributed by atoms with van der Waals surface area (Å²) in [4.78, 5) is 18.7. The van der Waals surface area contributed by atoms with Gasteiger partial charge in [0.25, 0.3) is 0 Å². The number of hydrogen-bond acceptors (Lipinski definition) is 4. The highest BCUT2D eigenvalue weighted by Gasteiger charge is 2.17. The highest BCUT2D eigenvalue weighted by molar-refractivity contribution is 7.09. The van der Waals surface area contributed by atoms with Crippen LogP contribution in [0.25, 0.3) is 0 Å². The molecule has 0 fully saturated rings. The van der Waals surface area contributed by atoms with E-state index in [-0.39, 0.29) is 11.4 Å². The second kappa shape index (κ2) is 9.57. The number of rotatable bonds is 8. The zero-order valence-electron chi connectivity index (χ0n) is 16.2. The zero-order chi connectivity index (χ0) is 19.0. The van der Waals surface area contributed by atoms with Gasteiger partial charge in [-0.15, -0.1) is 11.3 Å². The molecule has 1 heterocycles. The monoisotopic (exact) mass is 374 g/mol. The average Bonchev–Trinajstić information content (AvgIpc) is 3.10. The number of thiazole rings is 1. The summed E-state index contributed by atoms with van der Waals surface area (Å²) in [7, 11) is 2.09. The minimum atomic E-state index is -0.133. The Bertz CT molecular complexity index is 679. The van der Waals surface area contributed by atoms with Gasteiger partial charge in [-0.2, -0.15) is 0 Å². The van der Waals surface area contributed by atoms with Gasteiger partial charge in [0.15, 0.2) is 0 Å². The minimum Gasteiger partial charge on any atom is -0.375 e. The normalized spacial score (nSPS) is 11.2. The smallest absolute Gasteiger partial charge is 0.315 e. The Kier molecular flexibility index (Phi) is 7.45. The van der Waals surface area contributed by atoms with Crippen LogP contribution >= 0.6 is 11.3 Å². The van der Waals surface area contributed by atoms with Gasteiger partial charge in [-0.1, -0.05) is 39.0 Å². The van der Waals surface area contributed by atoms with Crippen LogP contribution in [0.3, 0.4) is 0 Å². The number of aromatic nitrogens is 1. The molecule has 0 unspecified atom stereocenters. The lowest BCUT2D eigenvalue weighted by Gasteiger charge is -2.19. The van der Waals surface area contributed by atoms with Crippen molar-refractivity contribution in [3.63, 3.8) is 0 Å². The van der Waals surface area contributed by atoms with Crippen LogP contribution in [0.1, 0.15) is 44.3 Å². The molecule has 0 atom stereocenters. The first-order chi connectivity index (χ1) is 12.4. The number of anilines is 1. The predicted molar refractivity (Wildman–Crippen MR) is 110 cm³/mol. The van der Waals surface area contributed by atoms with Crippen LogP contribution in [0.5, 0.6) is 0 Å². The van der Waals surface area contributed by atoms with E-state index < -0.39 is 0 Å². The molecule has 1 aromatic heterocycles. The van der Waals surface area contributed by atoms with E-state index in [0.717, 1.165) is 30.1 Å². The zero-order valence-corrected chi connectivity index (χ0v) is 17.0. The van der Waals surface area contributed by atoms with Crippen LogP contribution in [0.4, 0.5) is 10.5 Å². The van der Waals surface area contributed by atoms with Crippen LogP contribution in [0.15, 0.2) is 35.7 Å². The standard InChI is InChI=1S/C20H30N4OS/c1-20(2,3)18-23-16(15-26-18)14-22-19(25)21-12-8-9-13-24(4)17-10-6-5-7-11-17/h5-7,10-11,15H,8-9,12-14H2,1-4H3,(H2,21,22,25). The molecule has 2 rings (SSSR count). The number of benzene rings is 1. The van der Waals surface area contributed by atoms with Crippen molar-refractivity contribution in [2.24, 2.45) is 0 Å². The summed E-state index contributed by atoms with van der Waals surface area (Å²) in [5, 5.41) is 8.89. The largest absolute Gasteiger partial charge is 0.375 e. The van der Waals surface area contributed by atoms with Gasteiger partial charge < -0.3 is 15.5 Å². The van der Waals surface area contributed by atoms with Crippen molar-refractivity contribution < 1.29 is 4.79 Å². The molecule has 6 heteroatoms. The number of unbranched alkanes of at least 4 members (excludes halogenated alkanes) is 1. The maximum Gasteiger partial charge on any atom is 0.315 e. The third-order valence-corrected chi connectivity index (χ3v) is 5.34. The highest BCUT2D eigenvalue weighted by Crippen LogP contribution is 2.25. The maximum atomic E-state index is 11.9. The van der Waals surface area contributed by atoms with Gasteiger partial charge in [0.1, 0.15) is 0 Å². The Labute approximate surface area is 160 Å². The first kappa shape index (κ1) is 20.2. The molecule has 1 aromatic carbocycles. The average molecular weight is 375 g/mol. The third-order valence-electron chi connectivity index (χ3n) is 4.03. The number of nitrogens with one attached hydrogen (secondary N) is 2. The number of urea groups is 1. The van der Waals surface area contributed by atoms with E-state index >= 15 is 0 Å². The van der Waals surface area contributed by atoms with E-state index in [0.29, 0.717) is 13.1 Å². The summed E-state index contributed by atoms with van der Waals surface area (Å²) in [5.41, 5.74) is 2.19. The van der Waals surface area contributed by atoms with Gasteiger partial charge in [0.2, 0.25) is 0 Å². The van der Waals surface area contributed by atoms with Gasteiger partial charge in [0, 0.05) is 36.6 Å². The topological polar surface area (TPSA) is 57.3 Å². The third kappa shape index (κ3) is 6.67. The Morgan fingerprint density at radius 1 is 1.15 bits per heavy atom. The van der Waals surface area contributed by atoms with Crippen molar-refractivity contribution in [2.45, 2.75) is 45.6 Å². The Balaban J connectivity index is 1.58. The summed E-state index contributed by atoms with van der Waals surface area (Å²) in [6.45, 7) is 8.55. The molecule has 0 spiro atoms. The summed E-state index contributed by atoms with van der Waals surface area (Å²) in [6, 6.07) is 10.2. The molecule has 2 aromatic rings. The molecule has 0 radical (unpaired) electrons. The van der Waals surface area contributed by atoms with Gasteiger partial charge >= 0.3 is 6.03 Å². The summed E-state index contributed by atoms with van der Waals surface area (Å²) < 4.78 is 0. The van der Waals surface area contributed by atoms with E-state index in [1.165, 1.54) is 5.69 Å². The lowest BCUT2D eigenvalue weighted by atomic mass is 9.98. The predicted octanol–water partition coefficient (Wildman–Crippen LogP) is 4.16. The van der Waals surface area contributed by atoms with Crippen molar-refractivity contribution >= 4 is 23.1 Å². The summed E-state index contributed by atoms with van der Waals surface area (Å²) in [5.74, 6) is 0. The number of amides is 2. The van der Waals surface area contributed by atoms with Crippen molar-refractivity contribution in [3.05, 3.63) is 46.4 Å². The quantitative estimate of drug-likeness (QED) is 0.682. The van der Waals surface area contributed by atoms with Crippen molar-refractivity contribution in [3.8, 4) is 0 Å². The lowest BCUT2D eigenvalue weighted by Crippen LogP contribution is -2.35. The number of hydrogen-bond donors (Lipinski definition) is 2. The molecule has 0 saturated heterocycles. The Hall–Kier alpha value is -2.08. The number of nitrogens with zero attached hydrogens (tertiary/aromatic N) is 2. The molecule has 0 aliphatic carbocycles. The molecule has 26 heavy (non-hydrogen) atoms. The van der Waals surface area contributed by atoms with Gasteiger partial charge in [-0.05, 0) is 25.0 Å². The highest BCUT2D eigenvalue weighted by atomic mass is 32.1.